The molecule has 0 saturated heterocycles. The molecular formula is C15H19BrClNO. The molecule has 19 heavy (non-hydrogen) atoms. The van der Waals surface area contributed by atoms with Crippen LogP contribution in [0.4, 0.5) is 0 Å². The maximum absolute atomic E-state index is 12.3. The van der Waals surface area contributed by atoms with Crippen molar-refractivity contribution in [2.75, 3.05) is 0 Å². The fourth-order valence-electron chi connectivity index (χ4n) is 2.71. The van der Waals surface area contributed by atoms with Crippen LogP contribution in [0.2, 0.25) is 5.02 Å². The Kier molecular flexibility index (Phi) is 5.28. The van der Waals surface area contributed by atoms with Gasteiger partial charge in [-0.15, -0.1) is 0 Å². The Balaban J connectivity index is 2.01. The second-order valence-electron chi connectivity index (χ2n) is 5.28. The van der Waals surface area contributed by atoms with E-state index in [0.29, 0.717) is 16.5 Å². The molecule has 2 rings (SSSR count). The van der Waals surface area contributed by atoms with Crippen LogP contribution in [0.1, 0.15) is 49.4 Å². The van der Waals surface area contributed by atoms with E-state index in [9.17, 15) is 4.79 Å². The standard InChI is InChI=1S/C15H19BrClNO/c1-10(11-5-3-2-4-6-11)18-15(19)13-9-12(16)7-8-14(13)17/h7-11H,2-6H2,1H3,(H,18,19). The highest BCUT2D eigenvalue weighted by molar-refractivity contribution is 9.10. The van der Waals surface area contributed by atoms with E-state index < -0.39 is 0 Å². The van der Waals surface area contributed by atoms with Gasteiger partial charge in [0.15, 0.2) is 0 Å². The summed E-state index contributed by atoms with van der Waals surface area (Å²) in [6.45, 7) is 2.10. The van der Waals surface area contributed by atoms with Crippen LogP contribution in [0, 0.1) is 5.92 Å². The highest BCUT2D eigenvalue weighted by atomic mass is 79.9. The van der Waals surface area contributed by atoms with Crippen molar-refractivity contribution < 1.29 is 4.79 Å². The number of hydrogen-bond acceptors (Lipinski definition) is 1. The van der Waals surface area contributed by atoms with Gasteiger partial charge in [0, 0.05) is 10.5 Å². The molecule has 0 aromatic heterocycles. The Labute approximate surface area is 128 Å². The van der Waals surface area contributed by atoms with Gasteiger partial charge in [-0.2, -0.15) is 0 Å². The van der Waals surface area contributed by atoms with Crippen molar-refractivity contribution in [3.05, 3.63) is 33.3 Å². The minimum Gasteiger partial charge on any atom is -0.349 e. The number of benzene rings is 1. The van der Waals surface area contributed by atoms with Crippen molar-refractivity contribution in [2.24, 2.45) is 5.92 Å². The van der Waals surface area contributed by atoms with Crippen LogP contribution in [0.3, 0.4) is 0 Å². The summed E-state index contributed by atoms with van der Waals surface area (Å²) in [5.74, 6) is 0.521. The average Bonchev–Trinajstić information content (AvgIpc) is 2.42. The predicted octanol–water partition coefficient (Wildman–Crippen LogP) is 4.80. The molecule has 1 unspecified atom stereocenters. The van der Waals surface area contributed by atoms with Gasteiger partial charge in [-0.05, 0) is 43.9 Å². The molecule has 1 fully saturated rings. The molecule has 1 aromatic rings. The minimum absolute atomic E-state index is 0.0793. The van der Waals surface area contributed by atoms with Gasteiger partial charge < -0.3 is 5.32 Å². The number of carbonyl (C=O) groups is 1. The van der Waals surface area contributed by atoms with Crippen LogP contribution in [-0.2, 0) is 0 Å². The molecule has 1 N–H and O–H groups in total. The van der Waals surface area contributed by atoms with Crippen molar-refractivity contribution in [1.29, 1.82) is 0 Å². The van der Waals surface area contributed by atoms with E-state index in [1.54, 1.807) is 12.1 Å². The lowest BCUT2D eigenvalue weighted by molar-refractivity contribution is 0.0919. The molecule has 0 spiro atoms. The molecule has 0 heterocycles. The first-order valence-corrected chi connectivity index (χ1v) is 8.01. The van der Waals surface area contributed by atoms with Gasteiger partial charge in [-0.3, -0.25) is 4.79 Å². The Bertz CT molecular complexity index is 457. The third kappa shape index (κ3) is 3.96. The van der Waals surface area contributed by atoms with Gasteiger partial charge in [0.1, 0.15) is 0 Å². The van der Waals surface area contributed by atoms with Gasteiger partial charge in [-0.25, -0.2) is 0 Å². The van der Waals surface area contributed by atoms with Crippen LogP contribution in [-0.4, -0.2) is 11.9 Å². The minimum atomic E-state index is -0.0793. The van der Waals surface area contributed by atoms with Crippen molar-refractivity contribution >= 4 is 33.4 Å². The fourth-order valence-corrected chi connectivity index (χ4v) is 3.27. The van der Waals surface area contributed by atoms with Crippen LogP contribution >= 0.6 is 27.5 Å². The molecular weight excluding hydrogens is 326 g/mol. The lowest BCUT2D eigenvalue weighted by Gasteiger charge is -2.28. The van der Waals surface area contributed by atoms with E-state index in [-0.39, 0.29) is 11.9 Å². The molecule has 104 valence electrons. The van der Waals surface area contributed by atoms with Gasteiger partial charge in [0.05, 0.1) is 10.6 Å². The van der Waals surface area contributed by atoms with E-state index in [1.807, 2.05) is 6.07 Å². The summed E-state index contributed by atoms with van der Waals surface area (Å²) >= 11 is 9.45. The van der Waals surface area contributed by atoms with Crippen LogP contribution in [0.15, 0.2) is 22.7 Å². The molecule has 0 radical (unpaired) electrons. The molecule has 0 aliphatic heterocycles. The highest BCUT2D eigenvalue weighted by Gasteiger charge is 2.22. The van der Waals surface area contributed by atoms with Gasteiger partial charge >= 0.3 is 0 Å². The summed E-state index contributed by atoms with van der Waals surface area (Å²) in [7, 11) is 0. The Morgan fingerprint density at radius 2 is 2.05 bits per heavy atom. The normalized spacial score (nSPS) is 18.1. The number of rotatable bonds is 3. The van der Waals surface area contributed by atoms with Crippen LogP contribution < -0.4 is 5.32 Å². The zero-order chi connectivity index (χ0) is 13.8. The maximum Gasteiger partial charge on any atom is 0.253 e. The Morgan fingerprint density at radius 1 is 1.37 bits per heavy atom. The average molecular weight is 345 g/mol. The van der Waals surface area contributed by atoms with Crippen molar-refractivity contribution in [3.63, 3.8) is 0 Å². The number of nitrogens with one attached hydrogen (secondary N) is 1. The molecule has 1 saturated carbocycles. The van der Waals surface area contributed by atoms with Gasteiger partial charge in [0.2, 0.25) is 0 Å². The first-order chi connectivity index (χ1) is 9.08. The topological polar surface area (TPSA) is 29.1 Å². The summed E-state index contributed by atoms with van der Waals surface area (Å²) in [4.78, 5) is 12.3. The van der Waals surface area contributed by atoms with E-state index in [1.165, 1.54) is 32.1 Å². The quantitative estimate of drug-likeness (QED) is 0.838. The highest BCUT2D eigenvalue weighted by Crippen LogP contribution is 2.27. The van der Waals surface area contributed by atoms with Gasteiger partial charge in [-0.1, -0.05) is 46.8 Å². The van der Waals surface area contributed by atoms with Crippen molar-refractivity contribution in [3.8, 4) is 0 Å². The third-order valence-corrected chi connectivity index (χ3v) is 4.71. The zero-order valence-corrected chi connectivity index (χ0v) is 13.4. The summed E-state index contributed by atoms with van der Waals surface area (Å²) in [5.41, 5.74) is 0.540. The molecule has 1 aliphatic rings. The van der Waals surface area contributed by atoms with Crippen LogP contribution in [0.5, 0.6) is 0 Å². The smallest absolute Gasteiger partial charge is 0.253 e. The second kappa shape index (κ2) is 6.76. The van der Waals surface area contributed by atoms with Crippen LogP contribution in [0.25, 0.3) is 0 Å². The summed E-state index contributed by atoms with van der Waals surface area (Å²) in [6.07, 6.45) is 6.32. The third-order valence-electron chi connectivity index (χ3n) is 3.89. The number of halogens is 2. The van der Waals surface area contributed by atoms with E-state index in [4.69, 9.17) is 11.6 Å². The van der Waals surface area contributed by atoms with E-state index >= 15 is 0 Å². The molecule has 0 bridgehead atoms. The predicted molar refractivity (Wildman–Crippen MR) is 82.7 cm³/mol. The zero-order valence-electron chi connectivity index (χ0n) is 11.1. The Morgan fingerprint density at radius 3 is 2.74 bits per heavy atom. The molecule has 1 amide bonds. The summed E-state index contributed by atoms with van der Waals surface area (Å²) in [6, 6.07) is 5.56. The van der Waals surface area contributed by atoms with Crippen molar-refractivity contribution in [1.82, 2.24) is 5.32 Å². The van der Waals surface area contributed by atoms with Crippen molar-refractivity contribution in [2.45, 2.75) is 45.1 Å². The maximum atomic E-state index is 12.3. The monoisotopic (exact) mass is 343 g/mol. The summed E-state index contributed by atoms with van der Waals surface area (Å²) < 4.78 is 0.868. The number of hydrogen-bond donors (Lipinski definition) is 1. The molecule has 4 heteroatoms. The molecule has 1 aromatic carbocycles. The molecule has 1 atom stereocenters. The summed E-state index contributed by atoms with van der Waals surface area (Å²) in [5, 5.41) is 3.59. The molecule has 2 nitrogen and oxygen atoms in total. The lowest BCUT2D eigenvalue weighted by atomic mass is 9.84. The van der Waals surface area contributed by atoms with E-state index in [2.05, 4.69) is 28.2 Å². The van der Waals surface area contributed by atoms with Gasteiger partial charge in [0.25, 0.3) is 5.91 Å². The SMILES string of the molecule is CC(NC(=O)c1cc(Br)ccc1Cl)C1CCCCC1. The first kappa shape index (κ1) is 14.9. The number of carbonyl (C=O) groups excluding carboxylic acids is 1. The largest absolute Gasteiger partial charge is 0.349 e. The lowest BCUT2D eigenvalue weighted by Crippen LogP contribution is -2.39. The second-order valence-corrected chi connectivity index (χ2v) is 6.61. The number of amides is 1. The Hall–Kier alpha value is -0.540. The van der Waals surface area contributed by atoms with E-state index in [0.717, 1.165) is 4.47 Å². The molecule has 1 aliphatic carbocycles. The first-order valence-electron chi connectivity index (χ1n) is 6.84. The fraction of sp³-hybridized carbons (Fsp3) is 0.533.